The molecule has 1 atom stereocenters. The van der Waals surface area contributed by atoms with Crippen molar-refractivity contribution in [3.8, 4) is 5.75 Å². The van der Waals surface area contributed by atoms with Gasteiger partial charge in [-0.2, -0.15) is 0 Å². The van der Waals surface area contributed by atoms with E-state index in [0.717, 1.165) is 44.5 Å². The van der Waals surface area contributed by atoms with Crippen LogP contribution < -0.4 is 10.1 Å². The molecule has 21 heavy (non-hydrogen) atoms. The average molecular weight is 288 g/mol. The predicted molar refractivity (Wildman–Crippen MR) is 87.1 cm³/mol. The zero-order chi connectivity index (χ0) is 14.5. The van der Waals surface area contributed by atoms with Gasteiger partial charge in [-0.05, 0) is 37.9 Å². The number of nitrogens with one attached hydrogen (secondary N) is 1. The number of ether oxygens (including phenoxy) is 1. The van der Waals surface area contributed by atoms with Gasteiger partial charge in [0.05, 0.1) is 6.61 Å². The second-order valence-corrected chi connectivity index (χ2v) is 6.49. The number of rotatable bonds is 6. The SMILES string of the molecule is CN(CCNCC1CCOc2ccccc21)C1CCCC1. The fraction of sp³-hybridized carbons (Fsp3) is 0.667. The molecule has 0 bridgehead atoms. The highest BCUT2D eigenvalue weighted by atomic mass is 16.5. The van der Waals surface area contributed by atoms with Crippen LogP contribution in [0.1, 0.15) is 43.6 Å². The van der Waals surface area contributed by atoms with Crippen LogP contribution in [0.15, 0.2) is 24.3 Å². The largest absolute Gasteiger partial charge is 0.493 e. The van der Waals surface area contributed by atoms with Crippen LogP contribution in [-0.4, -0.2) is 44.2 Å². The molecule has 0 spiro atoms. The summed E-state index contributed by atoms with van der Waals surface area (Å²) in [6, 6.07) is 9.32. The number of para-hydroxylation sites is 1. The maximum absolute atomic E-state index is 5.73. The Morgan fingerprint density at radius 1 is 1.19 bits per heavy atom. The topological polar surface area (TPSA) is 24.5 Å². The molecule has 0 saturated heterocycles. The second kappa shape index (κ2) is 7.28. The number of fused-ring (bicyclic) bond motifs is 1. The molecule has 1 aliphatic heterocycles. The smallest absolute Gasteiger partial charge is 0.122 e. The van der Waals surface area contributed by atoms with Gasteiger partial charge in [0, 0.05) is 31.6 Å². The normalized spacial score (nSPS) is 22.3. The van der Waals surface area contributed by atoms with Crippen molar-refractivity contribution in [1.82, 2.24) is 10.2 Å². The van der Waals surface area contributed by atoms with Crippen molar-refractivity contribution < 1.29 is 4.74 Å². The van der Waals surface area contributed by atoms with E-state index < -0.39 is 0 Å². The Balaban J connectivity index is 1.42. The van der Waals surface area contributed by atoms with Gasteiger partial charge in [-0.3, -0.25) is 0 Å². The second-order valence-electron chi connectivity index (χ2n) is 6.49. The van der Waals surface area contributed by atoms with Crippen molar-refractivity contribution >= 4 is 0 Å². The van der Waals surface area contributed by atoms with Crippen LogP contribution in [0.3, 0.4) is 0 Å². The van der Waals surface area contributed by atoms with Gasteiger partial charge in [0.15, 0.2) is 0 Å². The predicted octanol–water partition coefficient (Wildman–Crippen LogP) is 3.02. The average Bonchev–Trinajstić information content (AvgIpc) is 3.06. The van der Waals surface area contributed by atoms with Crippen LogP contribution in [0.25, 0.3) is 0 Å². The Kier molecular flexibility index (Phi) is 5.15. The molecule has 1 heterocycles. The van der Waals surface area contributed by atoms with Crippen LogP contribution in [0.4, 0.5) is 0 Å². The fourth-order valence-electron chi connectivity index (χ4n) is 3.69. The van der Waals surface area contributed by atoms with Crippen molar-refractivity contribution in [3.05, 3.63) is 29.8 Å². The Morgan fingerprint density at radius 2 is 2.00 bits per heavy atom. The van der Waals surface area contributed by atoms with Gasteiger partial charge in [-0.25, -0.2) is 0 Å². The molecular weight excluding hydrogens is 260 g/mol. The molecule has 1 aliphatic carbocycles. The first kappa shape index (κ1) is 14.9. The minimum Gasteiger partial charge on any atom is -0.493 e. The van der Waals surface area contributed by atoms with Crippen molar-refractivity contribution in [2.45, 2.75) is 44.1 Å². The summed E-state index contributed by atoms with van der Waals surface area (Å²) >= 11 is 0. The van der Waals surface area contributed by atoms with E-state index in [-0.39, 0.29) is 0 Å². The Labute approximate surface area is 128 Å². The molecule has 0 amide bonds. The lowest BCUT2D eigenvalue weighted by molar-refractivity contribution is 0.240. The van der Waals surface area contributed by atoms with E-state index in [1.807, 2.05) is 0 Å². The number of hydrogen-bond acceptors (Lipinski definition) is 3. The van der Waals surface area contributed by atoms with Gasteiger partial charge < -0.3 is 15.0 Å². The summed E-state index contributed by atoms with van der Waals surface area (Å²) in [5.41, 5.74) is 1.38. The van der Waals surface area contributed by atoms with E-state index in [2.05, 4.69) is 41.5 Å². The Morgan fingerprint density at radius 3 is 2.86 bits per heavy atom. The van der Waals surface area contributed by atoms with E-state index >= 15 is 0 Å². The summed E-state index contributed by atoms with van der Waals surface area (Å²) in [5.74, 6) is 1.69. The quantitative estimate of drug-likeness (QED) is 0.814. The molecule has 1 unspecified atom stereocenters. The lowest BCUT2D eigenvalue weighted by Gasteiger charge is -2.27. The monoisotopic (exact) mass is 288 g/mol. The van der Waals surface area contributed by atoms with Crippen LogP contribution in [0.5, 0.6) is 5.75 Å². The van der Waals surface area contributed by atoms with Gasteiger partial charge in [0.2, 0.25) is 0 Å². The third-order valence-corrected chi connectivity index (χ3v) is 5.06. The molecule has 1 aromatic carbocycles. The molecule has 3 heteroatoms. The summed E-state index contributed by atoms with van der Waals surface area (Å²) in [6.45, 7) is 4.17. The minimum atomic E-state index is 0.603. The first-order chi connectivity index (χ1) is 10.3. The fourth-order valence-corrected chi connectivity index (χ4v) is 3.69. The summed E-state index contributed by atoms with van der Waals surface area (Å²) in [4.78, 5) is 2.54. The Bertz CT molecular complexity index is 443. The van der Waals surface area contributed by atoms with E-state index in [4.69, 9.17) is 4.74 Å². The van der Waals surface area contributed by atoms with Crippen molar-refractivity contribution in [2.24, 2.45) is 0 Å². The summed E-state index contributed by atoms with van der Waals surface area (Å²) < 4.78 is 5.73. The highest BCUT2D eigenvalue weighted by Gasteiger charge is 2.21. The standard InChI is InChI=1S/C18H28N2O/c1-20(16-6-2-3-7-16)12-11-19-14-15-10-13-21-18-9-5-4-8-17(15)18/h4-5,8-9,15-16,19H,2-3,6-7,10-14H2,1H3. The molecule has 116 valence electrons. The van der Waals surface area contributed by atoms with Gasteiger partial charge in [-0.1, -0.05) is 31.0 Å². The maximum Gasteiger partial charge on any atom is 0.122 e. The van der Waals surface area contributed by atoms with Gasteiger partial charge in [-0.15, -0.1) is 0 Å². The number of nitrogens with zero attached hydrogens (tertiary/aromatic N) is 1. The van der Waals surface area contributed by atoms with Crippen LogP contribution in [0, 0.1) is 0 Å². The molecule has 1 saturated carbocycles. The Hall–Kier alpha value is -1.06. The number of hydrogen-bond donors (Lipinski definition) is 1. The molecule has 0 radical (unpaired) electrons. The molecule has 2 aliphatic rings. The lowest BCUT2D eigenvalue weighted by Crippen LogP contribution is -2.37. The number of likely N-dealkylation sites (N-methyl/N-ethyl adjacent to an activating group) is 1. The van der Waals surface area contributed by atoms with E-state index in [9.17, 15) is 0 Å². The first-order valence-electron chi connectivity index (χ1n) is 8.47. The van der Waals surface area contributed by atoms with Crippen LogP contribution in [0.2, 0.25) is 0 Å². The maximum atomic E-state index is 5.73. The molecule has 0 aromatic heterocycles. The first-order valence-corrected chi connectivity index (χ1v) is 8.47. The van der Waals surface area contributed by atoms with Crippen LogP contribution in [-0.2, 0) is 0 Å². The van der Waals surface area contributed by atoms with Crippen molar-refractivity contribution in [3.63, 3.8) is 0 Å². The molecular formula is C18H28N2O. The summed E-state index contributed by atoms with van der Waals surface area (Å²) in [7, 11) is 2.28. The zero-order valence-corrected chi connectivity index (χ0v) is 13.2. The lowest BCUT2D eigenvalue weighted by atomic mass is 9.93. The number of benzene rings is 1. The van der Waals surface area contributed by atoms with E-state index in [0.29, 0.717) is 5.92 Å². The van der Waals surface area contributed by atoms with Gasteiger partial charge in [0.1, 0.15) is 5.75 Å². The highest BCUT2D eigenvalue weighted by Crippen LogP contribution is 2.32. The van der Waals surface area contributed by atoms with Crippen molar-refractivity contribution in [1.29, 1.82) is 0 Å². The zero-order valence-electron chi connectivity index (χ0n) is 13.2. The molecule has 1 N–H and O–H groups in total. The molecule has 1 fully saturated rings. The van der Waals surface area contributed by atoms with Gasteiger partial charge >= 0.3 is 0 Å². The summed E-state index contributed by atoms with van der Waals surface area (Å²) in [6.07, 6.45) is 6.75. The summed E-state index contributed by atoms with van der Waals surface area (Å²) in [5, 5.41) is 3.65. The van der Waals surface area contributed by atoms with Crippen molar-refractivity contribution in [2.75, 3.05) is 33.3 Å². The highest BCUT2D eigenvalue weighted by molar-refractivity contribution is 5.37. The molecule has 1 aromatic rings. The van der Waals surface area contributed by atoms with Gasteiger partial charge in [0.25, 0.3) is 0 Å². The van der Waals surface area contributed by atoms with E-state index in [1.165, 1.54) is 31.2 Å². The van der Waals surface area contributed by atoms with Crippen LogP contribution >= 0.6 is 0 Å². The minimum absolute atomic E-state index is 0.603. The third kappa shape index (κ3) is 3.78. The molecule has 3 rings (SSSR count). The third-order valence-electron chi connectivity index (χ3n) is 5.06. The van der Waals surface area contributed by atoms with E-state index in [1.54, 1.807) is 0 Å². The molecule has 3 nitrogen and oxygen atoms in total.